The third-order valence-corrected chi connectivity index (χ3v) is 1.46. The van der Waals surface area contributed by atoms with Crippen LogP contribution in [-0.4, -0.2) is 12.1 Å². The standard InChI is InChI=1S/C8H8F3NO/c1-13-5-6-3-2-4-12-7(6)8(9,10)11/h2-4H,5H2,1H3. The van der Waals surface area contributed by atoms with Crippen molar-refractivity contribution >= 4 is 0 Å². The highest BCUT2D eigenvalue weighted by atomic mass is 19.4. The van der Waals surface area contributed by atoms with Crippen LogP contribution in [0.2, 0.25) is 0 Å². The van der Waals surface area contributed by atoms with Gasteiger partial charge in [-0.2, -0.15) is 13.2 Å². The van der Waals surface area contributed by atoms with Crippen LogP contribution in [-0.2, 0) is 17.5 Å². The molecular formula is C8H8F3NO. The molecule has 13 heavy (non-hydrogen) atoms. The summed E-state index contributed by atoms with van der Waals surface area (Å²) in [5.74, 6) is 0. The molecule has 0 aliphatic carbocycles. The Labute approximate surface area is 73.4 Å². The zero-order valence-electron chi connectivity index (χ0n) is 6.93. The summed E-state index contributed by atoms with van der Waals surface area (Å²) >= 11 is 0. The molecule has 0 amide bonds. The Morgan fingerprint density at radius 3 is 2.69 bits per heavy atom. The smallest absolute Gasteiger partial charge is 0.380 e. The molecule has 1 rings (SSSR count). The number of halogens is 3. The van der Waals surface area contributed by atoms with Crippen LogP contribution in [0.4, 0.5) is 13.2 Å². The SMILES string of the molecule is COCc1cccnc1C(F)(F)F. The Hall–Kier alpha value is -1.10. The van der Waals surface area contributed by atoms with Gasteiger partial charge in [0.25, 0.3) is 0 Å². The van der Waals surface area contributed by atoms with E-state index in [0.29, 0.717) is 0 Å². The molecule has 0 fully saturated rings. The molecule has 2 nitrogen and oxygen atoms in total. The van der Waals surface area contributed by atoms with Gasteiger partial charge in [0.15, 0.2) is 0 Å². The van der Waals surface area contributed by atoms with Crippen molar-refractivity contribution in [1.82, 2.24) is 4.98 Å². The van der Waals surface area contributed by atoms with Gasteiger partial charge >= 0.3 is 6.18 Å². The van der Waals surface area contributed by atoms with Crippen LogP contribution in [0.5, 0.6) is 0 Å². The lowest BCUT2D eigenvalue weighted by atomic mass is 10.2. The average Bonchev–Trinajstić information content (AvgIpc) is 2.04. The highest BCUT2D eigenvalue weighted by Gasteiger charge is 2.34. The van der Waals surface area contributed by atoms with Crippen LogP contribution in [0, 0.1) is 0 Å². The molecule has 1 heterocycles. The van der Waals surface area contributed by atoms with Crippen LogP contribution in [0.25, 0.3) is 0 Å². The normalized spacial score (nSPS) is 11.7. The first-order valence-corrected chi connectivity index (χ1v) is 3.55. The zero-order valence-corrected chi connectivity index (χ0v) is 6.93. The van der Waals surface area contributed by atoms with Gasteiger partial charge in [0, 0.05) is 18.9 Å². The molecule has 0 bridgehead atoms. The van der Waals surface area contributed by atoms with Crippen molar-refractivity contribution in [1.29, 1.82) is 0 Å². The predicted octanol–water partition coefficient (Wildman–Crippen LogP) is 2.25. The summed E-state index contributed by atoms with van der Waals surface area (Å²) in [5, 5.41) is 0. The number of aromatic nitrogens is 1. The summed E-state index contributed by atoms with van der Waals surface area (Å²) in [5.41, 5.74) is -0.825. The maximum Gasteiger partial charge on any atom is 0.433 e. The quantitative estimate of drug-likeness (QED) is 0.715. The number of rotatable bonds is 2. The van der Waals surface area contributed by atoms with Crippen molar-refractivity contribution in [3.63, 3.8) is 0 Å². The number of nitrogens with zero attached hydrogens (tertiary/aromatic N) is 1. The predicted molar refractivity (Wildman–Crippen MR) is 40.0 cm³/mol. The highest BCUT2D eigenvalue weighted by molar-refractivity contribution is 5.21. The number of methoxy groups -OCH3 is 1. The highest BCUT2D eigenvalue weighted by Crippen LogP contribution is 2.30. The topological polar surface area (TPSA) is 22.1 Å². The van der Waals surface area contributed by atoms with E-state index < -0.39 is 11.9 Å². The van der Waals surface area contributed by atoms with Crippen molar-refractivity contribution in [2.45, 2.75) is 12.8 Å². The van der Waals surface area contributed by atoms with E-state index in [9.17, 15) is 13.2 Å². The van der Waals surface area contributed by atoms with Crippen molar-refractivity contribution in [3.05, 3.63) is 29.6 Å². The monoisotopic (exact) mass is 191 g/mol. The minimum absolute atomic E-state index is 0.0532. The average molecular weight is 191 g/mol. The molecule has 0 radical (unpaired) electrons. The molecule has 0 spiro atoms. The largest absolute Gasteiger partial charge is 0.433 e. The van der Waals surface area contributed by atoms with Gasteiger partial charge in [0.2, 0.25) is 0 Å². The van der Waals surface area contributed by atoms with Crippen molar-refractivity contribution in [3.8, 4) is 0 Å². The van der Waals surface area contributed by atoms with Gasteiger partial charge in [0.1, 0.15) is 5.69 Å². The van der Waals surface area contributed by atoms with Gasteiger partial charge in [-0.05, 0) is 6.07 Å². The molecule has 0 aliphatic rings. The fourth-order valence-electron chi connectivity index (χ4n) is 0.966. The molecule has 0 saturated heterocycles. The van der Waals surface area contributed by atoms with Crippen molar-refractivity contribution in [2.75, 3.05) is 7.11 Å². The van der Waals surface area contributed by atoms with E-state index in [0.717, 1.165) is 6.20 Å². The van der Waals surface area contributed by atoms with Gasteiger partial charge in [-0.1, -0.05) is 6.07 Å². The molecular weight excluding hydrogens is 183 g/mol. The van der Waals surface area contributed by atoms with Gasteiger partial charge in [-0.3, -0.25) is 4.98 Å². The molecule has 0 aromatic carbocycles. The fourth-order valence-corrected chi connectivity index (χ4v) is 0.966. The third-order valence-electron chi connectivity index (χ3n) is 1.46. The van der Waals surface area contributed by atoms with E-state index in [4.69, 9.17) is 0 Å². The minimum atomic E-state index is -4.41. The maximum absolute atomic E-state index is 12.3. The van der Waals surface area contributed by atoms with Crippen LogP contribution < -0.4 is 0 Å². The zero-order chi connectivity index (χ0) is 9.90. The molecule has 72 valence electrons. The van der Waals surface area contributed by atoms with Gasteiger partial charge in [-0.15, -0.1) is 0 Å². The molecule has 5 heteroatoms. The fraction of sp³-hybridized carbons (Fsp3) is 0.375. The Morgan fingerprint density at radius 2 is 2.15 bits per heavy atom. The van der Waals surface area contributed by atoms with Gasteiger partial charge < -0.3 is 4.74 Å². The third kappa shape index (κ3) is 2.42. The second kappa shape index (κ2) is 3.74. The lowest BCUT2D eigenvalue weighted by molar-refractivity contribution is -0.142. The van der Waals surface area contributed by atoms with Crippen LogP contribution in [0.15, 0.2) is 18.3 Å². The molecule has 0 unspecified atom stereocenters. The second-order valence-electron chi connectivity index (χ2n) is 2.44. The number of hydrogen-bond donors (Lipinski definition) is 0. The van der Waals surface area contributed by atoms with E-state index in [1.54, 1.807) is 0 Å². The summed E-state index contributed by atoms with van der Waals surface area (Å²) < 4.78 is 41.4. The van der Waals surface area contributed by atoms with E-state index in [1.807, 2.05) is 0 Å². The Balaban J connectivity index is 3.05. The number of ether oxygens (including phenoxy) is 1. The number of pyridine rings is 1. The second-order valence-corrected chi connectivity index (χ2v) is 2.44. The van der Waals surface area contributed by atoms with Crippen molar-refractivity contribution < 1.29 is 17.9 Å². The molecule has 0 saturated carbocycles. The van der Waals surface area contributed by atoms with E-state index in [1.165, 1.54) is 19.2 Å². The van der Waals surface area contributed by atoms with Crippen LogP contribution in [0.3, 0.4) is 0 Å². The van der Waals surface area contributed by atoms with Crippen LogP contribution in [0.1, 0.15) is 11.3 Å². The van der Waals surface area contributed by atoms with E-state index in [2.05, 4.69) is 9.72 Å². The Morgan fingerprint density at radius 1 is 1.46 bits per heavy atom. The summed E-state index contributed by atoms with van der Waals surface area (Å²) in [6.07, 6.45) is -3.29. The first kappa shape index (κ1) is 9.98. The minimum Gasteiger partial charge on any atom is -0.380 e. The first-order chi connectivity index (χ1) is 6.05. The number of alkyl halides is 3. The molecule has 0 aliphatic heterocycles. The summed E-state index contributed by atoms with van der Waals surface area (Å²) in [7, 11) is 1.34. The maximum atomic E-state index is 12.3. The summed E-state index contributed by atoms with van der Waals surface area (Å²) in [6.45, 7) is -0.0807. The van der Waals surface area contributed by atoms with E-state index >= 15 is 0 Å². The lowest BCUT2D eigenvalue weighted by Gasteiger charge is -2.09. The Kier molecular flexibility index (Phi) is 2.87. The summed E-state index contributed by atoms with van der Waals surface area (Å²) in [6, 6.07) is 2.79. The molecule has 1 aromatic heterocycles. The van der Waals surface area contributed by atoms with Crippen molar-refractivity contribution in [2.24, 2.45) is 0 Å². The van der Waals surface area contributed by atoms with Crippen LogP contribution >= 0.6 is 0 Å². The first-order valence-electron chi connectivity index (χ1n) is 3.55. The Bertz CT molecular complexity index is 285. The lowest BCUT2D eigenvalue weighted by Crippen LogP contribution is -2.11. The van der Waals surface area contributed by atoms with E-state index in [-0.39, 0.29) is 12.2 Å². The van der Waals surface area contributed by atoms with Gasteiger partial charge in [-0.25, -0.2) is 0 Å². The molecule has 0 N–H and O–H groups in total. The molecule has 1 aromatic rings. The number of hydrogen-bond acceptors (Lipinski definition) is 2. The van der Waals surface area contributed by atoms with Gasteiger partial charge in [0.05, 0.1) is 6.61 Å². The molecule has 0 atom stereocenters. The summed E-state index contributed by atoms with van der Waals surface area (Å²) in [4.78, 5) is 3.26.